The van der Waals surface area contributed by atoms with Crippen molar-refractivity contribution in [1.29, 1.82) is 0 Å². The maximum Gasteiger partial charge on any atom is 0.260 e. The number of nitrogens with zero attached hydrogens (tertiary/aromatic N) is 2. The van der Waals surface area contributed by atoms with E-state index in [9.17, 15) is 4.79 Å². The molecule has 0 aliphatic carbocycles. The standard InChI is InChI=1S/C23H15N3OS/c27-22-20-19(17-10-8-16(9-11-17)15-5-2-1-3-6-15)14-28-23(20)26-21(25-22)18-7-4-12-24-13-18/h1-14H,(H,25,26,27). The summed E-state index contributed by atoms with van der Waals surface area (Å²) >= 11 is 1.48. The Labute approximate surface area is 165 Å². The molecule has 5 rings (SSSR count). The number of pyridine rings is 1. The van der Waals surface area contributed by atoms with Crippen LogP contribution in [0.5, 0.6) is 0 Å². The van der Waals surface area contributed by atoms with Crippen molar-refractivity contribution in [1.82, 2.24) is 15.0 Å². The van der Waals surface area contributed by atoms with E-state index in [2.05, 4.69) is 51.4 Å². The van der Waals surface area contributed by atoms with E-state index in [1.165, 1.54) is 16.9 Å². The highest BCUT2D eigenvalue weighted by molar-refractivity contribution is 7.17. The molecule has 0 spiro atoms. The van der Waals surface area contributed by atoms with E-state index in [0.29, 0.717) is 11.2 Å². The number of aromatic nitrogens is 3. The normalized spacial score (nSPS) is 11.0. The highest BCUT2D eigenvalue weighted by atomic mass is 32.1. The zero-order chi connectivity index (χ0) is 18.9. The molecule has 0 aliphatic heterocycles. The minimum Gasteiger partial charge on any atom is -0.306 e. The third-order valence-corrected chi connectivity index (χ3v) is 5.55. The van der Waals surface area contributed by atoms with Gasteiger partial charge in [-0.1, -0.05) is 54.6 Å². The first-order valence-electron chi connectivity index (χ1n) is 8.87. The summed E-state index contributed by atoms with van der Waals surface area (Å²) in [5, 5.41) is 2.63. The van der Waals surface area contributed by atoms with Crippen LogP contribution in [-0.2, 0) is 0 Å². The highest BCUT2D eigenvalue weighted by Crippen LogP contribution is 2.32. The Kier molecular flexibility index (Phi) is 4.07. The third-order valence-electron chi connectivity index (χ3n) is 4.68. The fourth-order valence-electron chi connectivity index (χ4n) is 3.27. The second-order valence-electron chi connectivity index (χ2n) is 6.43. The van der Waals surface area contributed by atoms with E-state index in [1.807, 2.05) is 35.7 Å². The van der Waals surface area contributed by atoms with Crippen LogP contribution in [0.4, 0.5) is 0 Å². The summed E-state index contributed by atoms with van der Waals surface area (Å²) in [5.74, 6) is 0.540. The van der Waals surface area contributed by atoms with E-state index in [-0.39, 0.29) is 5.56 Å². The number of benzene rings is 2. The molecule has 1 N–H and O–H groups in total. The largest absolute Gasteiger partial charge is 0.306 e. The number of H-pyrrole nitrogens is 1. The van der Waals surface area contributed by atoms with E-state index >= 15 is 0 Å². The molecule has 5 aromatic rings. The summed E-state index contributed by atoms with van der Waals surface area (Å²) < 4.78 is 0. The van der Waals surface area contributed by atoms with Crippen LogP contribution in [0.2, 0.25) is 0 Å². The molecule has 0 amide bonds. The first-order valence-corrected chi connectivity index (χ1v) is 9.75. The van der Waals surface area contributed by atoms with Crippen LogP contribution in [0.25, 0.3) is 43.9 Å². The highest BCUT2D eigenvalue weighted by Gasteiger charge is 2.14. The van der Waals surface area contributed by atoms with Crippen molar-refractivity contribution in [3.63, 3.8) is 0 Å². The maximum atomic E-state index is 12.8. The van der Waals surface area contributed by atoms with Gasteiger partial charge in [-0.25, -0.2) is 4.98 Å². The molecular weight excluding hydrogens is 366 g/mol. The number of aromatic amines is 1. The summed E-state index contributed by atoms with van der Waals surface area (Å²) in [4.78, 5) is 25.2. The van der Waals surface area contributed by atoms with Gasteiger partial charge in [-0.2, -0.15) is 0 Å². The van der Waals surface area contributed by atoms with Gasteiger partial charge in [-0.3, -0.25) is 9.78 Å². The van der Waals surface area contributed by atoms with Gasteiger partial charge < -0.3 is 4.98 Å². The second kappa shape index (κ2) is 6.87. The molecule has 28 heavy (non-hydrogen) atoms. The summed E-state index contributed by atoms with van der Waals surface area (Å²) in [6, 6.07) is 22.2. The molecule has 0 saturated carbocycles. The molecular formula is C23H15N3OS. The molecule has 3 aromatic heterocycles. The fourth-order valence-corrected chi connectivity index (χ4v) is 4.22. The minimum absolute atomic E-state index is 0.132. The van der Waals surface area contributed by atoms with Gasteiger partial charge in [-0.05, 0) is 28.8 Å². The van der Waals surface area contributed by atoms with Crippen LogP contribution in [0.3, 0.4) is 0 Å². The van der Waals surface area contributed by atoms with Crippen molar-refractivity contribution >= 4 is 21.6 Å². The summed E-state index contributed by atoms with van der Waals surface area (Å²) in [5.41, 5.74) is 4.90. The lowest BCUT2D eigenvalue weighted by Gasteiger charge is -2.05. The van der Waals surface area contributed by atoms with E-state index < -0.39 is 0 Å². The van der Waals surface area contributed by atoms with Crippen molar-refractivity contribution in [3.8, 4) is 33.6 Å². The van der Waals surface area contributed by atoms with Gasteiger partial charge in [-0.15, -0.1) is 11.3 Å². The van der Waals surface area contributed by atoms with Crippen molar-refractivity contribution in [2.24, 2.45) is 0 Å². The molecule has 2 aromatic carbocycles. The number of hydrogen-bond acceptors (Lipinski definition) is 4. The molecule has 3 heterocycles. The average molecular weight is 381 g/mol. The second-order valence-corrected chi connectivity index (χ2v) is 7.29. The van der Waals surface area contributed by atoms with Gasteiger partial charge in [0.05, 0.1) is 5.39 Å². The van der Waals surface area contributed by atoms with Gasteiger partial charge in [0.1, 0.15) is 10.7 Å². The monoisotopic (exact) mass is 381 g/mol. The van der Waals surface area contributed by atoms with Crippen LogP contribution in [0.15, 0.2) is 89.3 Å². The molecule has 0 atom stereocenters. The van der Waals surface area contributed by atoms with Gasteiger partial charge in [0.2, 0.25) is 0 Å². The van der Waals surface area contributed by atoms with Crippen molar-refractivity contribution in [3.05, 3.63) is 94.9 Å². The fraction of sp³-hybridized carbons (Fsp3) is 0. The molecule has 4 nitrogen and oxygen atoms in total. The predicted molar refractivity (Wildman–Crippen MR) is 114 cm³/mol. The maximum absolute atomic E-state index is 12.8. The Hall–Kier alpha value is -3.57. The van der Waals surface area contributed by atoms with Crippen molar-refractivity contribution in [2.45, 2.75) is 0 Å². The Morgan fingerprint density at radius 1 is 0.786 bits per heavy atom. The third kappa shape index (κ3) is 2.92. The number of fused-ring (bicyclic) bond motifs is 1. The molecule has 0 unspecified atom stereocenters. The lowest BCUT2D eigenvalue weighted by Crippen LogP contribution is -2.09. The Morgan fingerprint density at radius 2 is 1.50 bits per heavy atom. The predicted octanol–water partition coefficient (Wildman–Crippen LogP) is 5.38. The lowest BCUT2D eigenvalue weighted by atomic mass is 10.0. The average Bonchev–Trinajstić information content (AvgIpc) is 3.20. The minimum atomic E-state index is -0.132. The van der Waals surface area contributed by atoms with E-state index in [4.69, 9.17) is 0 Å². The number of nitrogens with one attached hydrogen (secondary N) is 1. The Morgan fingerprint density at radius 3 is 2.25 bits per heavy atom. The molecule has 0 radical (unpaired) electrons. The summed E-state index contributed by atoms with van der Waals surface area (Å²) in [6.45, 7) is 0. The van der Waals surface area contributed by atoms with Crippen LogP contribution >= 0.6 is 11.3 Å². The van der Waals surface area contributed by atoms with Gasteiger partial charge in [0.15, 0.2) is 0 Å². The molecule has 0 aliphatic rings. The van der Waals surface area contributed by atoms with E-state index in [1.54, 1.807) is 12.4 Å². The Bertz CT molecular complexity index is 1310. The number of hydrogen-bond donors (Lipinski definition) is 1. The van der Waals surface area contributed by atoms with Crippen LogP contribution in [-0.4, -0.2) is 15.0 Å². The first kappa shape index (κ1) is 16.6. The molecule has 0 saturated heterocycles. The van der Waals surface area contributed by atoms with Crippen LogP contribution < -0.4 is 5.56 Å². The molecule has 134 valence electrons. The number of rotatable bonds is 3. The number of thiophene rings is 1. The molecule has 0 fully saturated rings. The smallest absolute Gasteiger partial charge is 0.260 e. The van der Waals surface area contributed by atoms with Gasteiger partial charge in [0.25, 0.3) is 5.56 Å². The quantitative estimate of drug-likeness (QED) is 0.456. The van der Waals surface area contributed by atoms with Crippen molar-refractivity contribution in [2.75, 3.05) is 0 Å². The lowest BCUT2D eigenvalue weighted by molar-refractivity contribution is 1.17. The zero-order valence-electron chi connectivity index (χ0n) is 14.8. The van der Waals surface area contributed by atoms with Gasteiger partial charge in [0, 0.05) is 28.9 Å². The molecule has 5 heteroatoms. The summed E-state index contributed by atoms with van der Waals surface area (Å²) in [6.07, 6.45) is 3.39. The van der Waals surface area contributed by atoms with Crippen molar-refractivity contribution < 1.29 is 0 Å². The van der Waals surface area contributed by atoms with Crippen LogP contribution in [0.1, 0.15) is 0 Å². The SMILES string of the molecule is O=c1[nH]c(-c2cccnc2)nc2scc(-c3ccc(-c4ccccc4)cc3)c12. The first-order chi connectivity index (χ1) is 13.8. The molecule has 0 bridgehead atoms. The van der Waals surface area contributed by atoms with Gasteiger partial charge >= 0.3 is 0 Å². The zero-order valence-corrected chi connectivity index (χ0v) is 15.6. The topological polar surface area (TPSA) is 58.6 Å². The Balaban J connectivity index is 1.58. The van der Waals surface area contributed by atoms with E-state index in [0.717, 1.165) is 27.1 Å². The summed E-state index contributed by atoms with van der Waals surface area (Å²) in [7, 11) is 0. The van der Waals surface area contributed by atoms with Crippen LogP contribution in [0, 0.1) is 0 Å².